The first kappa shape index (κ1) is 16.0. The minimum atomic E-state index is -0.205. The maximum Gasteiger partial charge on any atom is 0.0642 e. The number of hydrogen-bond donors (Lipinski definition) is 2. The van der Waals surface area contributed by atoms with E-state index in [0.29, 0.717) is 13.0 Å². The molecule has 2 N–H and O–H groups in total. The molecule has 0 bridgehead atoms. The number of para-hydroxylation sites is 1. The number of rotatable bonds is 8. The van der Waals surface area contributed by atoms with Crippen molar-refractivity contribution < 1.29 is 9.84 Å². The first-order chi connectivity index (χ1) is 9.02. The zero-order chi connectivity index (χ0) is 14.3. The lowest BCUT2D eigenvalue weighted by molar-refractivity contribution is 0.0970. The summed E-state index contributed by atoms with van der Waals surface area (Å²) in [6.07, 6.45) is 0.672. The number of nitrogens with zero attached hydrogens (tertiary/aromatic N) is 1. The number of aliphatic hydroxyl groups excluding tert-OH is 1. The molecule has 1 unspecified atom stereocenters. The molecule has 0 amide bonds. The Balaban J connectivity index is 2.74. The van der Waals surface area contributed by atoms with Crippen LogP contribution in [0.2, 0.25) is 0 Å². The third kappa shape index (κ3) is 4.82. The van der Waals surface area contributed by atoms with Crippen LogP contribution in [0.3, 0.4) is 0 Å². The van der Waals surface area contributed by atoms with Crippen LogP contribution >= 0.6 is 0 Å². The van der Waals surface area contributed by atoms with Crippen LogP contribution in [0.4, 0.5) is 5.69 Å². The molecule has 0 spiro atoms. The number of hydrogen-bond acceptors (Lipinski definition) is 4. The Labute approximate surface area is 116 Å². The average molecular weight is 266 g/mol. The number of aliphatic hydroxyl groups is 1. The van der Waals surface area contributed by atoms with Crippen LogP contribution in [0.1, 0.15) is 18.9 Å². The van der Waals surface area contributed by atoms with Crippen molar-refractivity contribution in [1.29, 1.82) is 0 Å². The van der Waals surface area contributed by atoms with E-state index in [2.05, 4.69) is 29.3 Å². The predicted octanol–water partition coefficient (Wildman–Crippen LogP) is 1.63. The van der Waals surface area contributed by atoms with Gasteiger partial charge in [0.2, 0.25) is 0 Å². The van der Waals surface area contributed by atoms with E-state index >= 15 is 0 Å². The van der Waals surface area contributed by atoms with E-state index in [4.69, 9.17) is 9.84 Å². The molecule has 19 heavy (non-hydrogen) atoms. The number of benzene rings is 1. The number of ether oxygens (including phenoxy) is 1. The quantitative estimate of drug-likeness (QED) is 0.750. The second-order valence-corrected chi connectivity index (χ2v) is 5.34. The summed E-state index contributed by atoms with van der Waals surface area (Å²) in [6.45, 7) is 3.57. The summed E-state index contributed by atoms with van der Waals surface area (Å²) in [4.78, 5) is 2.11. The van der Waals surface area contributed by atoms with Crippen LogP contribution in [0.5, 0.6) is 0 Å². The fourth-order valence-corrected chi connectivity index (χ4v) is 2.18. The lowest BCUT2D eigenvalue weighted by Crippen LogP contribution is -2.46. The summed E-state index contributed by atoms with van der Waals surface area (Å²) in [7, 11) is 5.77. The first-order valence-electron chi connectivity index (χ1n) is 6.62. The van der Waals surface area contributed by atoms with Crippen LogP contribution in [-0.4, -0.2) is 45.1 Å². The fraction of sp³-hybridized carbons (Fsp3) is 0.600. The Morgan fingerprint density at radius 3 is 2.58 bits per heavy atom. The molecule has 0 fully saturated rings. The molecule has 0 saturated heterocycles. The molecule has 4 nitrogen and oxygen atoms in total. The van der Waals surface area contributed by atoms with Gasteiger partial charge in [-0.25, -0.2) is 0 Å². The van der Waals surface area contributed by atoms with Crippen LogP contribution < -0.4 is 10.2 Å². The highest BCUT2D eigenvalue weighted by Gasteiger charge is 2.23. The van der Waals surface area contributed by atoms with Crippen molar-refractivity contribution in [2.45, 2.75) is 25.4 Å². The molecular weight excluding hydrogens is 240 g/mol. The SMILES string of the molecule is COCC(C)(CCO)NCc1ccccc1N(C)C. The lowest BCUT2D eigenvalue weighted by atomic mass is 9.98. The van der Waals surface area contributed by atoms with E-state index in [0.717, 1.165) is 6.54 Å². The van der Waals surface area contributed by atoms with E-state index in [1.165, 1.54) is 11.3 Å². The molecule has 108 valence electrons. The highest BCUT2D eigenvalue weighted by atomic mass is 16.5. The zero-order valence-electron chi connectivity index (χ0n) is 12.4. The van der Waals surface area contributed by atoms with E-state index in [-0.39, 0.29) is 12.1 Å². The molecule has 0 aliphatic rings. The van der Waals surface area contributed by atoms with Gasteiger partial charge in [0.05, 0.1) is 6.61 Å². The Morgan fingerprint density at radius 2 is 2.00 bits per heavy atom. The third-order valence-corrected chi connectivity index (χ3v) is 3.31. The monoisotopic (exact) mass is 266 g/mol. The largest absolute Gasteiger partial charge is 0.396 e. The van der Waals surface area contributed by atoms with Crippen LogP contribution in [0, 0.1) is 0 Å². The summed E-state index contributed by atoms with van der Waals surface area (Å²) in [5, 5.41) is 12.7. The maximum atomic E-state index is 9.16. The molecular formula is C15H26N2O2. The molecule has 1 rings (SSSR count). The molecule has 0 radical (unpaired) electrons. The molecule has 0 saturated carbocycles. The second-order valence-electron chi connectivity index (χ2n) is 5.34. The van der Waals surface area contributed by atoms with E-state index in [1.54, 1.807) is 7.11 Å². The highest BCUT2D eigenvalue weighted by Crippen LogP contribution is 2.19. The number of methoxy groups -OCH3 is 1. The van der Waals surface area contributed by atoms with Crippen molar-refractivity contribution in [3.8, 4) is 0 Å². The minimum absolute atomic E-state index is 0.155. The van der Waals surface area contributed by atoms with Crippen molar-refractivity contribution in [2.24, 2.45) is 0 Å². The van der Waals surface area contributed by atoms with Gasteiger partial charge in [-0.15, -0.1) is 0 Å². The molecule has 0 aromatic heterocycles. The van der Waals surface area contributed by atoms with E-state index < -0.39 is 0 Å². The highest BCUT2D eigenvalue weighted by molar-refractivity contribution is 5.52. The van der Waals surface area contributed by atoms with Gasteiger partial charge in [-0.3, -0.25) is 0 Å². The lowest BCUT2D eigenvalue weighted by Gasteiger charge is -2.30. The van der Waals surface area contributed by atoms with Crippen molar-refractivity contribution >= 4 is 5.69 Å². The summed E-state index contributed by atoms with van der Waals surface area (Å²) in [5.74, 6) is 0. The van der Waals surface area contributed by atoms with Crippen molar-refractivity contribution in [1.82, 2.24) is 5.32 Å². The van der Waals surface area contributed by atoms with Crippen LogP contribution in [0.25, 0.3) is 0 Å². The van der Waals surface area contributed by atoms with Gasteiger partial charge >= 0.3 is 0 Å². The van der Waals surface area contributed by atoms with Gasteiger partial charge in [-0.1, -0.05) is 18.2 Å². The molecule has 0 heterocycles. The van der Waals surface area contributed by atoms with Crippen molar-refractivity contribution in [2.75, 3.05) is 39.3 Å². The van der Waals surface area contributed by atoms with E-state index in [9.17, 15) is 0 Å². The fourth-order valence-electron chi connectivity index (χ4n) is 2.18. The maximum absolute atomic E-state index is 9.16. The van der Waals surface area contributed by atoms with Gasteiger partial charge in [-0.05, 0) is 25.0 Å². The van der Waals surface area contributed by atoms with Gasteiger partial charge in [0.25, 0.3) is 0 Å². The van der Waals surface area contributed by atoms with E-state index in [1.807, 2.05) is 26.2 Å². The predicted molar refractivity (Wildman–Crippen MR) is 79.6 cm³/mol. The topological polar surface area (TPSA) is 44.7 Å². The molecule has 1 aromatic carbocycles. The van der Waals surface area contributed by atoms with Gasteiger partial charge in [-0.2, -0.15) is 0 Å². The van der Waals surface area contributed by atoms with Crippen molar-refractivity contribution in [3.63, 3.8) is 0 Å². The van der Waals surface area contributed by atoms with Crippen LogP contribution in [0.15, 0.2) is 24.3 Å². The molecule has 1 atom stereocenters. The van der Waals surface area contributed by atoms with Gasteiger partial charge in [0.15, 0.2) is 0 Å². The number of nitrogens with one attached hydrogen (secondary N) is 1. The van der Waals surface area contributed by atoms with Crippen molar-refractivity contribution in [3.05, 3.63) is 29.8 Å². The Kier molecular flexibility index (Phi) is 6.28. The average Bonchev–Trinajstić information content (AvgIpc) is 2.37. The Morgan fingerprint density at radius 1 is 1.32 bits per heavy atom. The zero-order valence-corrected chi connectivity index (χ0v) is 12.4. The van der Waals surface area contributed by atoms with Gasteiger partial charge in [0, 0.05) is 45.6 Å². The number of anilines is 1. The first-order valence-corrected chi connectivity index (χ1v) is 6.62. The van der Waals surface area contributed by atoms with Gasteiger partial charge < -0.3 is 20.1 Å². The summed E-state index contributed by atoms with van der Waals surface area (Å²) in [6, 6.07) is 8.32. The standard InChI is InChI=1S/C15H26N2O2/c1-15(9-10-18,12-19-4)16-11-13-7-5-6-8-14(13)17(2)3/h5-8,16,18H,9-12H2,1-4H3. The normalized spacial score (nSPS) is 14.2. The van der Waals surface area contributed by atoms with Crippen LogP contribution in [-0.2, 0) is 11.3 Å². The Bertz CT molecular complexity index is 374. The minimum Gasteiger partial charge on any atom is -0.396 e. The second kappa shape index (κ2) is 7.48. The molecule has 4 heteroatoms. The summed E-state index contributed by atoms with van der Waals surface area (Å²) < 4.78 is 5.24. The summed E-state index contributed by atoms with van der Waals surface area (Å²) in [5.41, 5.74) is 2.25. The summed E-state index contributed by atoms with van der Waals surface area (Å²) >= 11 is 0. The molecule has 1 aromatic rings. The molecule has 0 aliphatic carbocycles. The smallest absolute Gasteiger partial charge is 0.0642 e. The molecule has 0 aliphatic heterocycles. The van der Waals surface area contributed by atoms with Gasteiger partial charge in [0.1, 0.15) is 0 Å². The third-order valence-electron chi connectivity index (χ3n) is 3.31. The Hall–Kier alpha value is -1.10.